The average Bonchev–Trinajstić information content (AvgIpc) is 2.95. The van der Waals surface area contributed by atoms with Crippen molar-refractivity contribution in [3.8, 4) is 11.5 Å². The summed E-state index contributed by atoms with van der Waals surface area (Å²) in [6.07, 6.45) is 0.214. The summed E-state index contributed by atoms with van der Waals surface area (Å²) in [6.45, 7) is 1.91. The number of oxime groups is 1. The first-order chi connectivity index (χ1) is 18.8. The summed E-state index contributed by atoms with van der Waals surface area (Å²) in [5, 5.41) is 4.17. The van der Waals surface area contributed by atoms with E-state index >= 15 is 0 Å². The minimum atomic E-state index is -4.36. The summed E-state index contributed by atoms with van der Waals surface area (Å²) in [6, 6.07) is 17.3. The number of hydrogen-bond donors (Lipinski definition) is 0. The lowest BCUT2D eigenvalue weighted by molar-refractivity contribution is -0.137. The number of fused-ring (bicyclic) bond motifs is 3. The lowest BCUT2D eigenvalue weighted by atomic mass is 9.75. The number of halogens is 3. The van der Waals surface area contributed by atoms with E-state index in [4.69, 9.17) is 19.3 Å². The van der Waals surface area contributed by atoms with Crippen LogP contribution in [0.3, 0.4) is 0 Å². The highest BCUT2D eigenvalue weighted by Gasteiger charge is 2.34. The molecule has 1 aliphatic carbocycles. The van der Waals surface area contributed by atoms with Crippen molar-refractivity contribution in [2.75, 3.05) is 14.2 Å². The molecular weight excluding hydrogens is 505 g/mol. The van der Waals surface area contributed by atoms with Gasteiger partial charge >= 0.3 is 6.18 Å². The minimum absolute atomic E-state index is 0.0784. The summed E-state index contributed by atoms with van der Waals surface area (Å²) in [4.78, 5) is 10.6. The fourth-order valence-electron chi connectivity index (χ4n) is 5.42. The van der Waals surface area contributed by atoms with E-state index in [0.717, 1.165) is 53.1 Å². The average molecular weight is 537 g/mol. The highest BCUT2D eigenvalue weighted by Crippen LogP contribution is 2.44. The van der Waals surface area contributed by atoms with Crippen molar-refractivity contribution in [3.05, 3.63) is 94.0 Å². The van der Waals surface area contributed by atoms with E-state index in [1.807, 2.05) is 37.3 Å². The van der Waals surface area contributed by atoms with Gasteiger partial charge in [-0.3, -0.25) is 4.99 Å². The Hall–Kier alpha value is -3.81. The van der Waals surface area contributed by atoms with Gasteiger partial charge in [-0.15, -0.1) is 0 Å². The fraction of sp³-hybridized carbons (Fsp3) is 0.355. The van der Waals surface area contributed by atoms with Gasteiger partial charge in [-0.1, -0.05) is 54.4 Å². The maximum absolute atomic E-state index is 12.8. The minimum Gasteiger partial charge on any atom is -0.493 e. The summed E-state index contributed by atoms with van der Waals surface area (Å²) in [5.74, 6) is 1.80. The van der Waals surface area contributed by atoms with E-state index in [9.17, 15) is 13.2 Å². The fourth-order valence-corrected chi connectivity index (χ4v) is 5.42. The number of hydrogen-bond acceptors (Lipinski definition) is 5. The molecule has 0 bridgehead atoms. The van der Waals surface area contributed by atoms with Crippen LogP contribution < -0.4 is 9.47 Å². The van der Waals surface area contributed by atoms with Crippen LogP contribution in [0, 0.1) is 0 Å². The first kappa shape index (κ1) is 26.8. The van der Waals surface area contributed by atoms with Crippen LogP contribution in [-0.2, 0) is 17.6 Å². The zero-order valence-electron chi connectivity index (χ0n) is 22.2. The third-order valence-corrected chi connectivity index (χ3v) is 7.52. The van der Waals surface area contributed by atoms with Gasteiger partial charge < -0.3 is 14.3 Å². The quantitative estimate of drug-likeness (QED) is 0.232. The Morgan fingerprint density at radius 1 is 0.923 bits per heavy atom. The number of alkyl halides is 3. The predicted molar refractivity (Wildman–Crippen MR) is 145 cm³/mol. The molecule has 204 valence electrons. The normalized spacial score (nSPS) is 19.0. The number of methoxy groups -OCH3 is 2. The van der Waals surface area contributed by atoms with E-state index in [0.29, 0.717) is 22.9 Å². The Labute approximate surface area is 226 Å². The van der Waals surface area contributed by atoms with Gasteiger partial charge in [0.2, 0.25) is 0 Å². The number of aliphatic imine (C=N–C) groups is 1. The zero-order chi connectivity index (χ0) is 27.6. The van der Waals surface area contributed by atoms with Crippen molar-refractivity contribution < 1.29 is 27.5 Å². The van der Waals surface area contributed by atoms with Crippen LogP contribution >= 0.6 is 0 Å². The Bertz CT molecular complexity index is 1380. The zero-order valence-corrected chi connectivity index (χ0v) is 22.2. The van der Waals surface area contributed by atoms with Crippen LogP contribution in [0.5, 0.6) is 11.5 Å². The van der Waals surface area contributed by atoms with Gasteiger partial charge in [0, 0.05) is 17.0 Å². The summed E-state index contributed by atoms with van der Waals surface area (Å²) in [7, 11) is 3.31. The number of rotatable bonds is 7. The van der Waals surface area contributed by atoms with Gasteiger partial charge in [0.15, 0.2) is 11.5 Å². The van der Waals surface area contributed by atoms with Crippen molar-refractivity contribution in [1.29, 1.82) is 0 Å². The Balaban J connectivity index is 1.35. The van der Waals surface area contributed by atoms with E-state index in [-0.39, 0.29) is 12.6 Å². The number of benzene rings is 3. The van der Waals surface area contributed by atoms with E-state index in [2.05, 4.69) is 11.2 Å². The van der Waals surface area contributed by atoms with Crippen LogP contribution in [0.15, 0.2) is 70.8 Å². The molecule has 0 saturated heterocycles. The van der Waals surface area contributed by atoms with Crippen LogP contribution in [0.2, 0.25) is 0 Å². The van der Waals surface area contributed by atoms with Crippen molar-refractivity contribution in [2.45, 2.75) is 57.3 Å². The maximum atomic E-state index is 12.8. The molecule has 0 amide bonds. The van der Waals surface area contributed by atoms with E-state index in [1.54, 1.807) is 14.2 Å². The molecule has 1 aliphatic heterocycles. The van der Waals surface area contributed by atoms with Crippen molar-refractivity contribution in [2.24, 2.45) is 10.1 Å². The molecular formula is C31H31F3N2O3. The van der Waals surface area contributed by atoms with Crippen molar-refractivity contribution in [1.82, 2.24) is 0 Å². The Morgan fingerprint density at radius 2 is 1.59 bits per heavy atom. The molecule has 0 N–H and O–H groups in total. The molecule has 5 rings (SSSR count). The molecule has 3 aromatic carbocycles. The summed E-state index contributed by atoms with van der Waals surface area (Å²) >= 11 is 0. The van der Waals surface area contributed by atoms with Gasteiger partial charge in [0.05, 0.1) is 37.2 Å². The lowest BCUT2D eigenvalue weighted by Crippen LogP contribution is -2.29. The molecule has 0 aromatic heterocycles. The molecule has 8 heteroatoms. The molecule has 0 spiro atoms. The highest BCUT2D eigenvalue weighted by molar-refractivity contribution is 6.15. The van der Waals surface area contributed by atoms with E-state index in [1.165, 1.54) is 30.5 Å². The molecule has 2 aliphatic rings. The SMILES string of the molecule is COc1cc2c(cc1OC)[C@H]1CCCC[C@H]1N=C2c1ccc(C(C)=NOCc2ccc(C(F)(F)F)cc2)cc1. The van der Waals surface area contributed by atoms with Crippen molar-refractivity contribution >= 4 is 11.4 Å². The highest BCUT2D eigenvalue weighted by atomic mass is 19.4. The second-order valence-electron chi connectivity index (χ2n) is 9.95. The molecule has 1 saturated carbocycles. The first-order valence-electron chi connectivity index (χ1n) is 13.1. The van der Waals surface area contributed by atoms with Crippen LogP contribution in [0.25, 0.3) is 0 Å². The van der Waals surface area contributed by atoms with Crippen molar-refractivity contribution in [3.63, 3.8) is 0 Å². The number of ether oxygens (including phenoxy) is 2. The van der Waals surface area contributed by atoms with Gasteiger partial charge in [0.1, 0.15) is 6.61 Å². The van der Waals surface area contributed by atoms with Gasteiger partial charge in [-0.25, -0.2) is 0 Å². The third kappa shape index (κ3) is 5.65. The molecule has 1 heterocycles. The summed E-state index contributed by atoms with van der Waals surface area (Å²) < 4.78 is 49.5. The molecule has 3 aromatic rings. The lowest BCUT2D eigenvalue weighted by Gasteiger charge is -2.35. The molecule has 1 fully saturated rings. The van der Waals surface area contributed by atoms with Gasteiger partial charge in [0.25, 0.3) is 0 Å². The predicted octanol–water partition coefficient (Wildman–Crippen LogP) is 7.54. The molecule has 39 heavy (non-hydrogen) atoms. The second-order valence-corrected chi connectivity index (χ2v) is 9.95. The molecule has 5 nitrogen and oxygen atoms in total. The first-order valence-corrected chi connectivity index (χ1v) is 13.1. The molecule has 2 atom stereocenters. The summed E-state index contributed by atoms with van der Waals surface area (Å²) in [5.41, 5.74) is 5.77. The molecule has 0 radical (unpaired) electrons. The topological polar surface area (TPSA) is 52.4 Å². The van der Waals surface area contributed by atoms with Crippen LogP contribution in [0.4, 0.5) is 13.2 Å². The van der Waals surface area contributed by atoms with E-state index < -0.39 is 11.7 Å². The Morgan fingerprint density at radius 3 is 2.26 bits per heavy atom. The Kier molecular flexibility index (Phi) is 7.64. The third-order valence-electron chi connectivity index (χ3n) is 7.52. The standard InChI is InChI=1S/C31H31F3N2O3/c1-19(36-39-18-20-8-14-23(15-9-20)31(32,33)34)21-10-12-22(13-11-21)30-26-17-29(38-3)28(37-2)16-25(26)24-6-4-5-7-27(24)35-30/h8-17,24,27H,4-7,18H2,1-3H3/t24-,27-/m1/s1. The smallest absolute Gasteiger partial charge is 0.416 e. The van der Waals surface area contributed by atoms with Gasteiger partial charge in [-0.2, -0.15) is 13.2 Å². The monoisotopic (exact) mass is 536 g/mol. The largest absolute Gasteiger partial charge is 0.493 e. The van der Waals surface area contributed by atoms with Gasteiger partial charge in [-0.05, 0) is 60.7 Å². The number of nitrogens with zero attached hydrogens (tertiary/aromatic N) is 2. The molecule has 0 unspecified atom stereocenters. The van der Waals surface area contributed by atoms with Crippen LogP contribution in [-0.4, -0.2) is 31.7 Å². The maximum Gasteiger partial charge on any atom is 0.416 e. The van der Waals surface area contributed by atoms with Crippen LogP contribution in [0.1, 0.15) is 71.9 Å². The second kappa shape index (κ2) is 11.1.